The molecule has 2 heterocycles. The van der Waals surface area contributed by atoms with Gasteiger partial charge in [0.1, 0.15) is 5.15 Å². The summed E-state index contributed by atoms with van der Waals surface area (Å²) in [4.78, 5) is 4.57. The topological polar surface area (TPSA) is 30.2 Å². The number of halogens is 1. The third kappa shape index (κ3) is 1.98. The quantitative estimate of drug-likeness (QED) is 0.483. The Morgan fingerprint density at radius 3 is 2.67 bits per heavy atom. The van der Waals surface area contributed by atoms with Crippen LogP contribution in [0.2, 0.25) is 5.15 Å². The van der Waals surface area contributed by atoms with E-state index in [1.807, 2.05) is 31.3 Å². The summed E-state index contributed by atoms with van der Waals surface area (Å²) >= 11 is 6.22. The van der Waals surface area contributed by atoms with Gasteiger partial charge in [-0.05, 0) is 35.4 Å². The van der Waals surface area contributed by atoms with Crippen molar-refractivity contribution in [1.29, 1.82) is 0 Å². The van der Waals surface area contributed by atoms with Gasteiger partial charge in [0.25, 0.3) is 0 Å². The van der Waals surface area contributed by atoms with E-state index in [0.29, 0.717) is 5.15 Å². The number of nitrogens with zero attached hydrogens (tertiary/aromatic N) is 3. The zero-order valence-electron chi connectivity index (χ0n) is 11.4. The van der Waals surface area contributed by atoms with Crippen molar-refractivity contribution in [3.05, 3.63) is 65.6 Å². The highest BCUT2D eigenvalue weighted by molar-refractivity contribution is 6.29. The van der Waals surface area contributed by atoms with Crippen LogP contribution in [0.5, 0.6) is 0 Å². The molecule has 0 fully saturated rings. The summed E-state index contributed by atoms with van der Waals surface area (Å²) in [7, 11) is 0. The van der Waals surface area contributed by atoms with Gasteiger partial charge in [-0.2, -0.15) is 5.10 Å². The minimum Gasteiger partial charge on any atom is -0.233 e. The van der Waals surface area contributed by atoms with Gasteiger partial charge in [0, 0.05) is 11.3 Å². The second-order valence-corrected chi connectivity index (χ2v) is 5.46. The first-order chi connectivity index (χ1) is 10.2. The maximum Gasteiger partial charge on any atom is 0.164 e. The molecule has 3 nitrogen and oxygen atoms in total. The highest BCUT2D eigenvalue weighted by Gasteiger charge is 2.11. The zero-order valence-corrected chi connectivity index (χ0v) is 12.2. The molecule has 0 unspecified atom stereocenters. The van der Waals surface area contributed by atoms with E-state index >= 15 is 0 Å². The number of rotatable bonds is 1. The van der Waals surface area contributed by atoms with E-state index < -0.39 is 0 Å². The van der Waals surface area contributed by atoms with Gasteiger partial charge in [-0.3, -0.25) is 0 Å². The van der Waals surface area contributed by atoms with Crippen molar-refractivity contribution in [2.45, 2.75) is 6.92 Å². The number of fused-ring (bicyclic) bond motifs is 2. The molecule has 2 aromatic heterocycles. The van der Waals surface area contributed by atoms with Crippen molar-refractivity contribution in [2.24, 2.45) is 0 Å². The van der Waals surface area contributed by atoms with Crippen molar-refractivity contribution in [1.82, 2.24) is 14.6 Å². The van der Waals surface area contributed by atoms with Gasteiger partial charge in [0.2, 0.25) is 0 Å². The Hall–Kier alpha value is -2.39. The maximum atomic E-state index is 6.22. The molecule has 0 aliphatic rings. The van der Waals surface area contributed by atoms with Gasteiger partial charge < -0.3 is 0 Å². The molecule has 4 heteroatoms. The summed E-state index contributed by atoms with van der Waals surface area (Å²) in [5.74, 6) is 0. The summed E-state index contributed by atoms with van der Waals surface area (Å²) in [6.07, 6.45) is 1.82. The molecule has 0 amide bonds. The van der Waals surface area contributed by atoms with Crippen LogP contribution in [-0.2, 0) is 0 Å². The highest BCUT2D eigenvalue weighted by Crippen LogP contribution is 2.28. The van der Waals surface area contributed by atoms with E-state index in [2.05, 4.69) is 40.4 Å². The van der Waals surface area contributed by atoms with Crippen LogP contribution in [0.1, 0.15) is 5.69 Å². The maximum absolute atomic E-state index is 6.22. The third-order valence-corrected chi connectivity index (χ3v) is 3.89. The first-order valence-electron chi connectivity index (χ1n) is 6.72. The Bertz CT molecular complexity index is 972. The molecule has 102 valence electrons. The molecule has 4 rings (SSSR count). The molecule has 0 aliphatic heterocycles. The monoisotopic (exact) mass is 293 g/mol. The van der Waals surface area contributed by atoms with Crippen LogP contribution in [0.15, 0.2) is 54.7 Å². The molecule has 0 saturated heterocycles. The van der Waals surface area contributed by atoms with E-state index in [-0.39, 0.29) is 0 Å². The Morgan fingerprint density at radius 2 is 1.81 bits per heavy atom. The third-order valence-electron chi connectivity index (χ3n) is 3.62. The van der Waals surface area contributed by atoms with Crippen molar-refractivity contribution in [3.8, 4) is 11.1 Å². The SMILES string of the molecule is Cc1cc(Cl)n2ncc(-c3ccc4ccccc4c3)c2n1. The summed E-state index contributed by atoms with van der Waals surface area (Å²) in [6, 6.07) is 16.5. The number of aryl methyl sites for hydroxylation is 1. The van der Waals surface area contributed by atoms with E-state index in [1.165, 1.54) is 10.8 Å². The van der Waals surface area contributed by atoms with Crippen LogP contribution >= 0.6 is 11.6 Å². The lowest BCUT2D eigenvalue weighted by atomic mass is 10.0. The minimum atomic E-state index is 0.574. The first kappa shape index (κ1) is 12.4. The van der Waals surface area contributed by atoms with E-state index in [9.17, 15) is 0 Å². The van der Waals surface area contributed by atoms with Crippen molar-refractivity contribution >= 4 is 28.0 Å². The van der Waals surface area contributed by atoms with Crippen molar-refractivity contribution < 1.29 is 0 Å². The number of hydrogen-bond donors (Lipinski definition) is 0. The fraction of sp³-hybridized carbons (Fsp3) is 0.0588. The molecule has 2 aromatic carbocycles. The summed E-state index contributed by atoms with van der Waals surface area (Å²) < 4.78 is 1.67. The van der Waals surface area contributed by atoms with Crippen LogP contribution in [0.3, 0.4) is 0 Å². The van der Waals surface area contributed by atoms with Crippen LogP contribution in [0, 0.1) is 6.92 Å². The normalized spacial score (nSPS) is 11.3. The molecule has 21 heavy (non-hydrogen) atoms. The molecule has 0 N–H and O–H groups in total. The zero-order chi connectivity index (χ0) is 14.4. The van der Waals surface area contributed by atoms with Crippen LogP contribution in [0.25, 0.3) is 27.5 Å². The summed E-state index contributed by atoms with van der Waals surface area (Å²) in [5, 5.41) is 7.34. The standard InChI is InChI=1S/C17H12ClN3/c1-11-8-16(18)21-17(20-11)15(10-19-21)14-7-6-12-4-2-3-5-13(12)9-14/h2-10H,1H3. The summed E-state index contributed by atoms with van der Waals surface area (Å²) in [5.41, 5.74) is 3.76. The van der Waals surface area contributed by atoms with Gasteiger partial charge >= 0.3 is 0 Å². The lowest BCUT2D eigenvalue weighted by molar-refractivity contribution is 0.930. The second-order valence-electron chi connectivity index (χ2n) is 5.08. The molecule has 0 radical (unpaired) electrons. The lowest BCUT2D eigenvalue weighted by Crippen LogP contribution is -1.94. The van der Waals surface area contributed by atoms with E-state index in [4.69, 9.17) is 11.6 Å². The second kappa shape index (κ2) is 4.57. The Balaban J connectivity index is 2.00. The number of hydrogen-bond acceptors (Lipinski definition) is 2. The van der Waals surface area contributed by atoms with Gasteiger partial charge in [-0.1, -0.05) is 48.0 Å². The minimum absolute atomic E-state index is 0.574. The summed E-state index contributed by atoms with van der Waals surface area (Å²) in [6.45, 7) is 1.93. The molecule has 4 aromatic rings. The van der Waals surface area contributed by atoms with Gasteiger partial charge in [0.05, 0.1) is 6.20 Å². The Morgan fingerprint density at radius 1 is 1.00 bits per heavy atom. The lowest BCUT2D eigenvalue weighted by Gasteiger charge is -2.03. The van der Waals surface area contributed by atoms with E-state index in [1.54, 1.807) is 4.52 Å². The Labute approximate surface area is 126 Å². The highest BCUT2D eigenvalue weighted by atomic mass is 35.5. The molecule has 0 bridgehead atoms. The first-order valence-corrected chi connectivity index (χ1v) is 7.10. The molecular weight excluding hydrogens is 282 g/mol. The van der Waals surface area contributed by atoms with E-state index in [0.717, 1.165) is 22.5 Å². The van der Waals surface area contributed by atoms with Crippen LogP contribution in [-0.4, -0.2) is 14.6 Å². The smallest absolute Gasteiger partial charge is 0.164 e. The predicted molar refractivity (Wildman–Crippen MR) is 85.7 cm³/mol. The fourth-order valence-electron chi connectivity index (χ4n) is 2.60. The number of aromatic nitrogens is 3. The predicted octanol–water partition coefficient (Wildman–Crippen LogP) is 4.51. The van der Waals surface area contributed by atoms with Gasteiger partial charge in [-0.15, -0.1) is 0 Å². The largest absolute Gasteiger partial charge is 0.233 e. The molecular formula is C17H12ClN3. The van der Waals surface area contributed by atoms with Crippen molar-refractivity contribution in [3.63, 3.8) is 0 Å². The Kier molecular flexibility index (Phi) is 2.69. The molecule has 0 atom stereocenters. The average Bonchev–Trinajstić information content (AvgIpc) is 2.91. The molecule has 0 aliphatic carbocycles. The van der Waals surface area contributed by atoms with Crippen molar-refractivity contribution in [2.75, 3.05) is 0 Å². The average molecular weight is 294 g/mol. The molecule has 0 spiro atoms. The van der Waals surface area contributed by atoms with Gasteiger partial charge in [0.15, 0.2) is 5.65 Å². The van der Waals surface area contributed by atoms with Gasteiger partial charge in [-0.25, -0.2) is 9.50 Å². The number of benzene rings is 2. The van der Waals surface area contributed by atoms with Crippen LogP contribution in [0.4, 0.5) is 0 Å². The molecule has 0 saturated carbocycles. The van der Waals surface area contributed by atoms with Crippen LogP contribution < -0.4 is 0 Å². The fourth-order valence-corrected chi connectivity index (χ4v) is 2.88.